The molecule has 1 aliphatic rings. The number of nitrogens with one attached hydrogen (secondary N) is 1. The number of hydrogen-bond acceptors (Lipinski definition) is 2. The van der Waals surface area contributed by atoms with E-state index in [4.69, 9.17) is 0 Å². The molecule has 0 saturated heterocycles. The van der Waals surface area contributed by atoms with Gasteiger partial charge in [-0.3, -0.25) is 4.79 Å². The van der Waals surface area contributed by atoms with Gasteiger partial charge in [-0.15, -0.1) is 0 Å². The van der Waals surface area contributed by atoms with Crippen molar-refractivity contribution >= 4 is 11.9 Å². The Labute approximate surface area is 177 Å². The predicted octanol–water partition coefficient (Wildman–Crippen LogP) is 3.78. The summed E-state index contributed by atoms with van der Waals surface area (Å²) in [6, 6.07) is 9.46. The summed E-state index contributed by atoms with van der Waals surface area (Å²) >= 11 is 0. The van der Waals surface area contributed by atoms with Crippen molar-refractivity contribution in [2.24, 2.45) is 0 Å². The Kier molecular flexibility index (Phi) is 6.19. The van der Waals surface area contributed by atoms with Crippen molar-refractivity contribution < 1.29 is 14.0 Å². The number of aromatic nitrogens is 1. The third-order valence-electron chi connectivity index (χ3n) is 5.19. The molecule has 1 unspecified atom stereocenters. The molecule has 2 aromatic rings. The maximum Gasteiger partial charge on any atom is 0.318 e. The summed E-state index contributed by atoms with van der Waals surface area (Å²) in [4.78, 5) is 29.4. The Hall–Kier alpha value is -2.83. The molecule has 30 heavy (non-hydrogen) atoms. The zero-order valence-electron chi connectivity index (χ0n) is 18.4. The molecule has 0 radical (unpaired) electrons. The van der Waals surface area contributed by atoms with Crippen LogP contribution in [0.25, 0.3) is 0 Å². The first kappa shape index (κ1) is 21.9. The van der Waals surface area contributed by atoms with Gasteiger partial charge in [0.2, 0.25) is 5.91 Å². The summed E-state index contributed by atoms with van der Waals surface area (Å²) < 4.78 is 16.0. The minimum atomic E-state index is -0.399. The average Bonchev–Trinajstić information content (AvgIpc) is 3.12. The Bertz CT molecular complexity index is 916. The van der Waals surface area contributed by atoms with Crippen LogP contribution in [0, 0.1) is 5.82 Å². The molecule has 3 amide bonds. The van der Waals surface area contributed by atoms with Crippen LogP contribution in [0.5, 0.6) is 0 Å². The minimum absolute atomic E-state index is 0.0356. The number of urea groups is 1. The Morgan fingerprint density at radius 1 is 1.20 bits per heavy atom. The van der Waals surface area contributed by atoms with Crippen LogP contribution in [0.4, 0.5) is 9.18 Å². The number of carbonyl (C=O) groups is 2. The number of amides is 3. The second-order valence-electron chi connectivity index (χ2n) is 9.07. The first-order valence-corrected chi connectivity index (χ1v) is 10.4. The van der Waals surface area contributed by atoms with Gasteiger partial charge in [-0.25, -0.2) is 9.18 Å². The van der Waals surface area contributed by atoms with Gasteiger partial charge in [-0.05, 0) is 64.4 Å². The van der Waals surface area contributed by atoms with Crippen LogP contribution in [0.15, 0.2) is 42.6 Å². The lowest BCUT2D eigenvalue weighted by Crippen LogP contribution is -2.54. The van der Waals surface area contributed by atoms with E-state index >= 15 is 0 Å². The lowest BCUT2D eigenvalue weighted by atomic mass is 9.99. The molecule has 7 heteroatoms. The normalized spacial score (nSPS) is 16.4. The molecule has 1 aromatic heterocycles. The molecule has 6 nitrogen and oxygen atoms in total. The van der Waals surface area contributed by atoms with Gasteiger partial charge in [0.1, 0.15) is 12.4 Å². The molecule has 0 aliphatic carbocycles. The fourth-order valence-electron chi connectivity index (χ4n) is 3.80. The zero-order valence-corrected chi connectivity index (χ0v) is 18.4. The molecule has 2 heterocycles. The summed E-state index contributed by atoms with van der Waals surface area (Å²) in [5.74, 6) is -0.494. The van der Waals surface area contributed by atoms with E-state index in [1.807, 2.05) is 59.0 Å². The fraction of sp³-hybridized carbons (Fsp3) is 0.478. The van der Waals surface area contributed by atoms with Gasteiger partial charge in [-0.1, -0.05) is 12.1 Å². The lowest BCUT2D eigenvalue weighted by Gasteiger charge is -2.39. The molecule has 0 saturated carbocycles. The number of rotatable bonds is 4. The highest BCUT2D eigenvalue weighted by Gasteiger charge is 2.34. The van der Waals surface area contributed by atoms with Gasteiger partial charge in [-0.2, -0.15) is 0 Å². The summed E-state index contributed by atoms with van der Waals surface area (Å²) in [6.45, 7) is 10.6. The van der Waals surface area contributed by atoms with E-state index in [-0.39, 0.29) is 30.3 Å². The smallest absolute Gasteiger partial charge is 0.318 e. The van der Waals surface area contributed by atoms with Gasteiger partial charge in [0, 0.05) is 36.6 Å². The topological polar surface area (TPSA) is 57.6 Å². The summed E-state index contributed by atoms with van der Waals surface area (Å²) in [7, 11) is 0. The average molecular weight is 415 g/mol. The maximum atomic E-state index is 14.0. The van der Waals surface area contributed by atoms with Crippen molar-refractivity contribution in [3.63, 3.8) is 0 Å². The molecular formula is C23H31FN4O2. The number of halogens is 1. The van der Waals surface area contributed by atoms with Crippen LogP contribution in [0.1, 0.15) is 51.9 Å². The van der Waals surface area contributed by atoms with Crippen LogP contribution in [0.2, 0.25) is 0 Å². The van der Waals surface area contributed by atoms with Gasteiger partial charge in [0.05, 0.1) is 6.04 Å². The third kappa shape index (κ3) is 4.83. The molecule has 1 aromatic carbocycles. The van der Waals surface area contributed by atoms with E-state index in [9.17, 15) is 14.0 Å². The van der Waals surface area contributed by atoms with Crippen LogP contribution < -0.4 is 5.32 Å². The van der Waals surface area contributed by atoms with Gasteiger partial charge in [0.25, 0.3) is 0 Å². The van der Waals surface area contributed by atoms with Crippen LogP contribution in [-0.2, 0) is 11.3 Å². The molecule has 1 atom stereocenters. The Morgan fingerprint density at radius 3 is 2.57 bits per heavy atom. The second kappa shape index (κ2) is 8.50. The first-order valence-electron chi connectivity index (χ1n) is 10.4. The molecule has 0 fully saturated rings. The number of nitrogens with zero attached hydrogens (tertiary/aromatic N) is 3. The van der Waals surface area contributed by atoms with Crippen LogP contribution in [-0.4, -0.2) is 51.0 Å². The number of benzene rings is 1. The highest BCUT2D eigenvalue weighted by Crippen LogP contribution is 2.33. The standard InChI is InChI=1S/C23H31FN4O2/c1-16(2)28(22(30)25-23(3,4)5)15-20(29)27-13-12-26-11-7-10-19(26)21(27)17-8-6-9-18(24)14-17/h6-11,14,16,21H,12-13,15H2,1-5H3,(H,25,30). The van der Waals surface area contributed by atoms with E-state index in [1.54, 1.807) is 15.9 Å². The molecule has 1 N–H and O–H groups in total. The largest absolute Gasteiger partial charge is 0.348 e. The lowest BCUT2D eigenvalue weighted by molar-refractivity contribution is -0.134. The highest BCUT2D eigenvalue weighted by molar-refractivity contribution is 5.85. The number of hydrogen-bond donors (Lipinski definition) is 1. The predicted molar refractivity (Wildman–Crippen MR) is 115 cm³/mol. The summed E-state index contributed by atoms with van der Waals surface area (Å²) in [6.07, 6.45) is 1.97. The molecule has 3 rings (SSSR count). The first-order chi connectivity index (χ1) is 14.1. The zero-order chi connectivity index (χ0) is 22.1. The van der Waals surface area contributed by atoms with E-state index in [0.717, 1.165) is 11.3 Å². The molecule has 0 spiro atoms. The molecular weight excluding hydrogens is 383 g/mol. The maximum absolute atomic E-state index is 14.0. The van der Waals surface area contributed by atoms with E-state index in [1.165, 1.54) is 12.1 Å². The third-order valence-corrected chi connectivity index (χ3v) is 5.19. The summed E-state index contributed by atoms with van der Waals surface area (Å²) in [5, 5.41) is 2.93. The number of carbonyl (C=O) groups excluding carboxylic acids is 2. The van der Waals surface area contributed by atoms with Crippen molar-refractivity contribution in [1.82, 2.24) is 19.7 Å². The van der Waals surface area contributed by atoms with Gasteiger partial charge < -0.3 is 19.7 Å². The SMILES string of the molecule is CC(C)N(CC(=O)N1CCn2cccc2C1c1cccc(F)c1)C(=O)NC(C)(C)C. The minimum Gasteiger partial charge on any atom is -0.348 e. The highest BCUT2D eigenvalue weighted by atomic mass is 19.1. The van der Waals surface area contributed by atoms with Crippen LogP contribution in [0.3, 0.4) is 0 Å². The van der Waals surface area contributed by atoms with Crippen molar-refractivity contribution in [1.29, 1.82) is 0 Å². The monoisotopic (exact) mass is 414 g/mol. The second-order valence-corrected chi connectivity index (χ2v) is 9.07. The molecule has 0 bridgehead atoms. The van der Waals surface area contributed by atoms with E-state index in [0.29, 0.717) is 13.1 Å². The van der Waals surface area contributed by atoms with Crippen LogP contribution >= 0.6 is 0 Å². The van der Waals surface area contributed by atoms with Crippen molar-refractivity contribution in [2.75, 3.05) is 13.1 Å². The number of fused-ring (bicyclic) bond motifs is 1. The van der Waals surface area contributed by atoms with Gasteiger partial charge in [0.15, 0.2) is 0 Å². The Morgan fingerprint density at radius 2 is 1.93 bits per heavy atom. The molecule has 1 aliphatic heterocycles. The fourth-order valence-corrected chi connectivity index (χ4v) is 3.80. The molecule has 162 valence electrons. The Balaban J connectivity index is 1.88. The van der Waals surface area contributed by atoms with Gasteiger partial charge >= 0.3 is 6.03 Å². The van der Waals surface area contributed by atoms with Crippen molar-refractivity contribution in [3.8, 4) is 0 Å². The quantitative estimate of drug-likeness (QED) is 0.828. The summed E-state index contributed by atoms with van der Waals surface area (Å²) in [5.41, 5.74) is 1.26. The van der Waals surface area contributed by atoms with Crippen molar-refractivity contribution in [3.05, 3.63) is 59.7 Å². The van der Waals surface area contributed by atoms with Crippen molar-refractivity contribution in [2.45, 2.75) is 58.8 Å². The van der Waals surface area contributed by atoms with E-state index < -0.39 is 11.6 Å². The van der Waals surface area contributed by atoms with E-state index in [2.05, 4.69) is 9.88 Å².